The van der Waals surface area contributed by atoms with Crippen LogP contribution in [0.2, 0.25) is 0 Å². The lowest BCUT2D eigenvalue weighted by atomic mass is 10.1. The molecule has 1 rings (SSSR count). The minimum Gasteiger partial charge on any atom is -0.325 e. The lowest BCUT2D eigenvalue weighted by molar-refractivity contribution is -0.385. The van der Waals surface area contributed by atoms with E-state index in [0.717, 1.165) is 6.07 Å². The molecule has 2 N–H and O–H groups in total. The summed E-state index contributed by atoms with van der Waals surface area (Å²) in [6.07, 6.45) is 3.12. The molecule has 0 aliphatic carbocycles. The molecule has 0 aliphatic heterocycles. The topological polar surface area (TPSA) is 69.2 Å². The number of nitro benzene ring substituents is 1. The number of hydrogen-bond acceptors (Lipinski definition) is 3. The highest BCUT2D eigenvalue weighted by molar-refractivity contribution is 5.53. The molecule has 0 saturated heterocycles. The summed E-state index contributed by atoms with van der Waals surface area (Å²) in [5.74, 6) is -0.624. The molecule has 1 aromatic carbocycles. The van der Waals surface area contributed by atoms with Gasteiger partial charge in [0.05, 0.1) is 11.0 Å². The Labute approximate surface area is 86.4 Å². The van der Waals surface area contributed by atoms with Gasteiger partial charge in [0.2, 0.25) is 0 Å². The van der Waals surface area contributed by atoms with Gasteiger partial charge in [-0.15, -0.1) is 0 Å². The molecule has 0 heterocycles. The first-order valence-corrected chi connectivity index (χ1v) is 4.38. The fourth-order valence-electron chi connectivity index (χ4n) is 1.02. The number of nitrogens with two attached hydrogens (primary N) is 1. The fraction of sp³-hybridized carbons (Fsp3) is 0.200. The van der Waals surface area contributed by atoms with Crippen LogP contribution in [0.1, 0.15) is 12.5 Å². The third kappa shape index (κ3) is 3.14. The molecule has 0 aliphatic rings. The first-order chi connectivity index (χ1) is 7.00. The molecule has 0 bridgehead atoms. The standard InChI is InChI=1S/C10H11FN2O2/c1-7(12)2-3-8-4-5-9(13(14)15)6-10(8)11/h2-7H,12H2,1H3/b3-2+. The molecule has 0 radical (unpaired) electrons. The van der Waals surface area contributed by atoms with Gasteiger partial charge >= 0.3 is 0 Å². The Morgan fingerprint density at radius 3 is 2.73 bits per heavy atom. The Balaban J connectivity index is 2.98. The summed E-state index contributed by atoms with van der Waals surface area (Å²) >= 11 is 0. The highest BCUT2D eigenvalue weighted by atomic mass is 19.1. The van der Waals surface area contributed by atoms with Crippen LogP contribution in [-0.4, -0.2) is 11.0 Å². The van der Waals surface area contributed by atoms with Crippen molar-refractivity contribution < 1.29 is 9.31 Å². The van der Waals surface area contributed by atoms with Crippen LogP contribution < -0.4 is 5.73 Å². The molecule has 0 saturated carbocycles. The minimum absolute atomic E-state index is 0.181. The summed E-state index contributed by atoms with van der Waals surface area (Å²) in [4.78, 5) is 9.69. The average Bonchev–Trinajstić information content (AvgIpc) is 2.15. The highest BCUT2D eigenvalue weighted by Gasteiger charge is 2.08. The van der Waals surface area contributed by atoms with Crippen LogP contribution in [0.5, 0.6) is 0 Å². The van der Waals surface area contributed by atoms with E-state index in [0.29, 0.717) is 0 Å². The van der Waals surface area contributed by atoms with Crippen molar-refractivity contribution in [1.29, 1.82) is 0 Å². The molecular weight excluding hydrogens is 199 g/mol. The normalized spacial score (nSPS) is 13.0. The number of halogens is 1. The van der Waals surface area contributed by atoms with Crippen LogP contribution in [0.25, 0.3) is 6.08 Å². The van der Waals surface area contributed by atoms with E-state index < -0.39 is 10.7 Å². The van der Waals surface area contributed by atoms with Crippen LogP contribution in [0.4, 0.5) is 10.1 Å². The van der Waals surface area contributed by atoms with E-state index in [1.165, 1.54) is 18.2 Å². The van der Waals surface area contributed by atoms with Crippen molar-refractivity contribution >= 4 is 11.8 Å². The van der Waals surface area contributed by atoms with Gasteiger partial charge in [0.25, 0.3) is 5.69 Å². The summed E-state index contributed by atoms with van der Waals surface area (Å²) in [5.41, 5.74) is 5.48. The minimum atomic E-state index is -0.637. The van der Waals surface area contributed by atoms with E-state index >= 15 is 0 Å². The Kier molecular flexibility index (Phi) is 3.51. The Morgan fingerprint density at radius 2 is 2.27 bits per heavy atom. The summed E-state index contributed by atoms with van der Waals surface area (Å²) in [6, 6.07) is 3.32. The third-order valence-electron chi connectivity index (χ3n) is 1.77. The van der Waals surface area contributed by atoms with Gasteiger partial charge in [0.1, 0.15) is 5.82 Å². The summed E-state index contributed by atoms with van der Waals surface area (Å²) in [7, 11) is 0. The van der Waals surface area contributed by atoms with E-state index in [1.54, 1.807) is 13.0 Å². The van der Waals surface area contributed by atoms with Gasteiger partial charge < -0.3 is 5.73 Å². The zero-order chi connectivity index (χ0) is 11.4. The molecule has 4 nitrogen and oxygen atoms in total. The van der Waals surface area contributed by atoms with E-state index in [4.69, 9.17) is 5.73 Å². The van der Waals surface area contributed by atoms with Crippen LogP contribution in [0.15, 0.2) is 24.3 Å². The molecule has 1 unspecified atom stereocenters. The molecule has 0 fully saturated rings. The predicted octanol–water partition coefficient (Wildman–Crippen LogP) is 2.09. The molecule has 1 atom stereocenters. The van der Waals surface area contributed by atoms with E-state index in [2.05, 4.69) is 0 Å². The Bertz CT molecular complexity index is 402. The molecule has 5 heteroatoms. The maximum Gasteiger partial charge on any atom is 0.272 e. The van der Waals surface area contributed by atoms with Crippen LogP contribution in [0.3, 0.4) is 0 Å². The second-order valence-electron chi connectivity index (χ2n) is 3.18. The summed E-state index contributed by atoms with van der Waals surface area (Å²) in [6.45, 7) is 1.75. The van der Waals surface area contributed by atoms with Gasteiger partial charge in [0.15, 0.2) is 0 Å². The SMILES string of the molecule is CC(N)/C=C/c1ccc([N+](=O)[O-])cc1F. The molecule has 80 valence electrons. The van der Waals surface area contributed by atoms with Crippen LogP contribution in [0, 0.1) is 15.9 Å². The number of benzene rings is 1. The largest absolute Gasteiger partial charge is 0.325 e. The zero-order valence-electron chi connectivity index (χ0n) is 8.18. The van der Waals surface area contributed by atoms with Crippen molar-refractivity contribution in [1.82, 2.24) is 0 Å². The number of nitro groups is 1. The van der Waals surface area contributed by atoms with E-state index in [1.807, 2.05) is 0 Å². The van der Waals surface area contributed by atoms with Crippen molar-refractivity contribution in [2.45, 2.75) is 13.0 Å². The van der Waals surface area contributed by atoms with Crippen molar-refractivity contribution in [3.63, 3.8) is 0 Å². The van der Waals surface area contributed by atoms with Gasteiger partial charge in [-0.1, -0.05) is 12.2 Å². The van der Waals surface area contributed by atoms with Crippen molar-refractivity contribution in [3.8, 4) is 0 Å². The first-order valence-electron chi connectivity index (χ1n) is 4.38. The summed E-state index contributed by atoms with van der Waals surface area (Å²) < 4.78 is 13.3. The number of hydrogen-bond donors (Lipinski definition) is 1. The zero-order valence-corrected chi connectivity index (χ0v) is 8.18. The molecule has 15 heavy (non-hydrogen) atoms. The van der Waals surface area contributed by atoms with Crippen molar-refractivity contribution in [2.24, 2.45) is 5.73 Å². The quantitative estimate of drug-likeness (QED) is 0.613. The van der Waals surface area contributed by atoms with Crippen LogP contribution in [-0.2, 0) is 0 Å². The average molecular weight is 210 g/mol. The summed E-state index contributed by atoms with van der Waals surface area (Å²) in [5, 5.41) is 10.3. The Hall–Kier alpha value is -1.75. The molecule has 0 spiro atoms. The molecule has 0 aromatic heterocycles. The predicted molar refractivity (Wildman–Crippen MR) is 55.7 cm³/mol. The maximum atomic E-state index is 13.3. The van der Waals surface area contributed by atoms with Crippen molar-refractivity contribution in [2.75, 3.05) is 0 Å². The second kappa shape index (κ2) is 4.65. The van der Waals surface area contributed by atoms with E-state index in [9.17, 15) is 14.5 Å². The van der Waals surface area contributed by atoms with Gasteiger partial charge in [-0.25, -0.2) is 4.39 Å². The monoisotopic (exact) mass is 210 g/mol. The lowest BCUT2D eigenvalue weighted by Gasteiger charge is -1.98. The van der Waals surface area contributed by atoms with Crippen molar-refractivity contribution in [3.05, 3.63) is 45.8 Å². The number of non-ortho nitro benzene ring substituents is 1. The fourth-order valence-corrected chi connectivity index (χ4v) is 1.02. The smallest absolute Gasteiger partial charge is 0.272 e. The number of rotatable bonds is 3. The first kappa shape index (κ1) is 11.3. The number of nitrogens with zero attached hydrogens (tertiary/aromatic N) is 1. The second-order valence-corrected chi connectivity index (χ2v) is 3.18. The molecular formula is C10H11FN2O2. The highest BCUT2D eigenvalue weighted by Crippen LogP contribution is 2.17. The van der Waals surface area contributed by atoms with Gasteiger partial charge in [-0.2, -0.15) is 0 Å². The van der Waals surface area contributed by atoms with Gasteiger partial charge in [0, 0.05) is 17.7 Å². The molecule has 0 amide bonds. The molecule has 1 aromatic rings. The Morgan fingerprint density at radius 1 is 1.60 bits per heavy atom. The third-order valence-corrected chi connectivity index (χ3v) is 1.77. The van der Waals surface area contributed by atoms with E-state index in [-0.39, 0.29) is 17.3 Å². The van der Waals surface area contributed by atoms with Gasteiger partial charge in [-0.3, -0.25) is 10.1 Å². The van der Waals surface area contributed by atoms with Crippen LogP contribution >= 0.6 is 0 Å². The van der Waals surface area contributed by atoms with Gasteiger partial charge in [-0.05, 0) is 13.0 Å². The lowest BCUT2D eigenvalue weighted by Crippen LogP contribution is -2.09. The maximum absolute atomic E-state index is 13.3.